The van der Waals surface area contributed by atoms with Crippen LogP contribution in [-0.2, 0) is 0 Å². The zero-order valence-corrected chi connectivity index (χ0v) is 16.6. The van der Waals surface area contributed by atoms with E-state index in [1.165, 1.54) is 22.4 Å². The number of nitrogens with zero attached hydrogens (tertiary/aromatic N) is 2. The molecular formula is C23H28N2O. The van der Waals surface area contributed by atoms with Crippen molar-refractivity contribution < 1.29 is 4.74 Å². The number of hydrogen-bond acceptors (Lipinski definition) is 3. The van der Waals surface area contributed by atoms with Crippen LogP contribution in [0.25, 0.3) is 5.57 Å². The summed E-state index contributed by atoms with van der Waals surface area (Å²) in [6.07, 6.45) is 4.30. The van der Waals surface area contributed by atoms with Crippen molar-refractivity contribution in [2.45, 2.75) is 40.2 Å². The number of fused-ring (bicyclic) bond motifs is 1. The number of allylic oxidation sites excluding steroid dienone is 1. The molecule has 0 saturated heterocycles. The average Bonchev–Trinajstić information content (AvgIpc) is 2.60. The summed E-state index contributed by atoms with van der Waals surface area (Å²) in [4.78, 5) is 7.13. The monoisotopic (exact) mass is 348 g/mol. The molecule has 0 fully saturated rings. The van der Waals surface area contributed by atoms with E-state index in [1.54, 1.807) is 7.11 Å². The highest BCUT2D eigenvalue weighted by atomic mass is 16.5. The fraction of sp³-hybridized carbons (Fsp3) is 0.348. The van der Waals surface area contributed by atoms with Crippen molar-refractivity contribution in [2.24, 2.45) is 4.99 Å². The zero-order valence-electron chi connectivity index (χ0n) is 16.6. The second-order valence-corrected chi connectivity index (χ2v) is 7.38. The molecule has 0 atom stereocenters. The Kier molecular flexibility index (Phi) is 4.90. The molecule has 1 aliphatic heterocycles. The molecule has 0 radical (unpaired) electrons. The van der Waals surface area contributed by atoms with Gasteiger partial charge in [0.15, 0.2) is 0 Å². The Bertz CT molecular complexity index is 878. The number of aliphatic imine (C=N–C) groups is 1. The van der Waals surface area contributed by atoms with Crippen LogP contribution in [0.4, 0.5) is 11.4 Å². The first-order valence-corrected chi connectivity index (χ1v) is 9.16. The van der Waals surface area contributed by atoms with Gasteiger partial charge in [0.1, 0.15) is 11.4 Å². The first-order valence-electron chi connectivity index (χ1n) is 9.16. The van der Waals surface area contributed by atoms with Crippen LogP contribution < -0.4 is 9.64 Å². The van der Waals surface area contributed by atoms with Crippen LogP contribution in [0, 0.1) is 6.92 Å². The quantitative estimate of drug-likeness (QED) is 0.655. The molecule has 2 aromatic rings. The van der Waals surface area contributed by atoms with Crippen LogP contribution >= 0.6 is 0 Å². The van der Waals surface area contributed by atoms with E-state index in [4.69, 9.17) is 4.74 Å². The molecule has 136 valence electrons. The van der Waals surface area contributed by atoms with E-state index >= 15 is 0 Å². The van der Waals surface area contributed by atoms with Crippen molar-refractivity contribution in [1.29, 1.82) is 0 Å². The van der Waals surface area contributed by atoms with Crippen molar-refractivity contribution in [3.05, 3.63) is 59.2 Å². The van der Waals surface area contributed by atoms with Crippen molar-refractivity contribution in [2.75, 3.05) is 18.6 Å². The Morgan fingerprint density at radius 3 is 2.58 bits per heavy atom. The normalized spacial score (nSPS) is 15.8. The molecule has 0 aliphatic carbocycles. The van der Waals surface area contributed by atoms with Gasteiger partial charge in [-0.25, -0.2) is 0 Å². The number of methoxy groups -OCH3 is 1. The second-order valence-electron chi connectivity index (χ2n) is 7.38. The Hall–Kier alpha value is -2.55. The second kappa shape index (κ2) is 6.99. The summed E-state index contributed by atoms with van der Waals surface area (Å²) in [5.74, 6) is 0.786. The Labute approximate surface area is 157 Å². The highest BCUT2D eigenvalue weighted by Gasteiger charge is 2.30. The summed E-state index contributed by atoms with van der Waals surface area (Å²) in [5, 5.41) is 0. The SMILES string of the molecule is CCN1c2cc(C)c(C=Nc3ccccc3OC)cc2C(C)=CC1(C)C. The van der Waals surface area contributed by atoms with Gasteiger partial charge >= 0.3 is 0 Å². The fourth-order valence-corrected chi connectivity index (χ4v) is 3.84. The lowest BCUT2D eigenvalue weighted by molar-refractivity contribution is 0.416. The van der Waals surface area contributed by atoms with E-state index in [9.17, 15) is 0 Å². The van der Waals surface area contributed by atoms with Gasteiger partial charge in [0.05, 0.1) is 12.6 Å². The summed E-state index contributed by atoms with van der Waals surface area (Å²) in [6.45, 7) is 12.1. The molecule has 26 heavy (non-hydrogen) atoms. The molecule has 1 aliphatic rings. The van der Waals surface area contributed by atoms with E-state index < -0.39 is 0 Å². The lowest BCUT2D eigenvalue weighted by Crippen LogP contribution is -2.45. The molecule has 0 bridgehead atoms. The largest absolute Gasteiger partial charge is 0.494 e. The minimum atomic E-state index is 0.0330. The predicted molar refractivity (Wildman–Crippen MR) is 112 cm³/mol. The molecule has 3 nitrogen and oxygen atoms in total. The predicted octanol–water partition coefficient (Wildman–Crippen LogP) is 5.78. The van der Waals surface area contributed by atoms with E-state index in [1.807, 2.05) is 30.5 Å². The molecule has 0 amide bonds. The van der Waals surface area contributed by atoms with Crippen LogP contribution in [0.3, 0.4) is 0 Å². The highest BCUT2D eigenvalue weighted by Crippen LogP contribution is 2.40. The Morgan fingerprint density at radius 2 is 1.88 bits per heavy atom. The van der Waals surface area contributed by atoms with Gasteiger partial charge < -0.3 is 9.64 Å². The molecular weight excluding hydrogens is 320 g/mol. The molecule has 0 spiro atoms. The maximum atomic E-state index is 5.39. The first-order chi connectivity index (χ1) is 12.4. The van der Waals surface area contributed by atoms with Crippen molar-refractivity contribution in [1.82, 2.24) is 0 Å². The number of para-hydroxylation sites is 2. The molecule has 1 heterocycles. The molecule has 3 heteroatoms. The summed E-state index contributed by atoms with van der Waals surface area (Å²) in [5.41, 5.74) is 7.16. The Morgan fingerprint density at radius 1 is 1.15 bits per heavy atom. The van der Waals surface area contributed by atoms with Crippen LogP contribution in [0.2, 0.25) is 0 Å². The summed E-state index contributed by atoms with van der Waals surface area (Å²) in [7, 11) is 1.67. The third-order valence-electron chi connectivity index (χ3n) is 5.11. The van der Waals surface area contributed by atoms with Crippen LogP contribution in [0.15, 0.2) is 47.5 Å². The van der Waals surface area contributed by atoms with Gasteiger partial charge in [0.2, 0.25) is 0 Å². The van der Waals surface area contributed by atoms with Gasteiger partial charge in [-0.1, -0.05) is 18.2 Å². The smallest absolute Gasteiger partial charge is 0.144 e. The van der Waals surface area contributed by atoms with Gasteiger partial charge in [-0.3, -0.25) is 4.99 Å². The lowest BCUT2D eigenvalue weighted by atomic mass is 9.87. The summed E-state index contributed by atoms with van der Waals surface area (Å²) < 4.78 is 5.39. The van der Waals surface area contributed by atoms with Crippen molar-refractivity contribution in [3.63, 3.8) is 0 Å². The third-order valence-corrected chi connectivity index (χ3v) is 5.11. The van der Waals surface area contributed by atoms with E-state index in [2.05, 4.69) is 62.7 Å². The summed E-state index contributed by atoms with van der Waals surface area (Å²) in [6, 6.07) is 12.4. The average molecular weight is 348 g/mol. The zero-order chi connectivity index (χ0) is 18.9. The van der Waals surface area contributed by atoms with E-state index in [0.717, 1.165) is 23.5 Å². The van der Waals surface area contributed by atoms with Crippen molar-refractivity contribution in [3.8, 4) is 5.75 Å². The minimum Gasteiger partial charge on any atom is -0.494 e. The minimum absolute atomic E-state index is 0.0330. The number of hydrogen-bond donors (Lipinski definition) is 0. The van der Waals surface area contributed by atoms with E-state index in [-0.39, 0.29) is 5.54 Å². The van der Waals surface area contributed by atoms with Crippen LogP contribution in [0.1, 0.15) is 44.4 Å². The van der Waals surface area contributed by atoms with Gasteiger partial charge in [0, 0.05) is 24.0 Å². The Balaban J connectivity index is 2.04. The molecule has 0 saturated carbocycles. The lowest BCUT2D eigenvalue weighted by Gasteiger charge is -2.43. The highest BCUT2D eigenvalue weighted by molar-refractivity contribution is 5.90. The van der Waals surface area contributed by atoms with Crippen molar-refractivity contribution >= 4 is 23.2 Å². The third kappa shape index (κ3) is 3.26. The number of anilines is 1. The maximum absolute atomic E-state index is 5.39. The first kappa shape index (κ1) is 18.2. The van der Waals surface area contributed by atoms with Gasteiger partial charge in [-0.05, 0) is 75.6 Å². The molecule has 0 N–H and O–H groups in total. The number of aryl methyl sites for hydroxylation is 1. The standard InChI is InChI=1S/C23H28N2O/c1-7-25-21-12-16(2)18(13-19(21)17(3)14-23(25,4)5)15-24-20-10-8-9-11-22(20)26-6/h8-15H,7H2,1-6H3. The van der Waals surface area contributed by atoms with Gasteiger partial charge in [-0.15, -0.1) is 0 Å². The summed E-state index contributed by atoms with van der Waals surface area (Å²) >= 11 is 0. The molecule has 0 aromatic heterocycles. The number of ether oxygens (including phenoxy) is 1. The molecule has 0 unspecified atom stereocenters. The number of likely N-dealkylation sites (N-methyl/N-ethyl adjacent to an activating group) is 1. The van der Waals surface area contributed by atoms with Crippen LogP contribution in [0.5, 0.6) is 5.75 Å². The number of rotatable bonds is 4. The maximum Gasteiger partial charge on any atom is 0.144 e. The van der Waals surface area contributed by atoms with Crippen LogP contribution in [-0.4, -0.2) is 25.4 Å². The topological polar surface area (TPSA) is 24.8 Å². The fourth-order valence-electron chi connectivity index (χ4n) is 3.84. The van der Waals surface area contributed by atoms with Gasteiger partial charge in [-0.2, -0.15) is 0 Å². The molecule has 3 rings (SSSR count). The van der Waals surface area contributed by atoms with E-state index in [0.29, 0.717) is 0 Å². The molecule has 2 aromatic carbocycles. The number of benzene rings is 2. The van der Waals surface area contributed by atoms with Gasteiger partial charge in [0.25, 0.3) is 0 Å².